The van der Waals surface area contributed by atoms with E-state index in [-0.39, 0.29) is 36.9 Å². The average Bonchev–Trinajstić information content (AvgIpc) is 2.42. The lowest BCUT2D eigenvalue weighted by Gasteiger charge is -2.35. The molecule has 0 aromatic heterocycles. The quantitative estimate of drug-likeness (QED) is 0.875. The highest BCUT2D eigenvalue weighted by molar-refractivity contribution is 6.42. The van der Waals surface area contributed by atoms with E-state index in [1.165, 1.54) is 17.0 Å². The van der Waals surface area contributed by atoms with Gasteiger partial charge in [-0.05, 0) is 18.2 Å². The van der Waals surface area contributed by atoms with Crippen molar-refractivity contribution in [2.75, 3.05) is 13.1 Å². The molecule has 0 unspecified atom stereocenters. The Morgan fingerprint density at radius 2 is 1.75 bits per heavy atom. The van der Waals surface area contributed by atoms with Gasteiger partial charge in [0.05, 0.1) is 10.0 Å². The molecule has 1 saturated heterocycles. The molecule has 20 heavy (non-hydrogen) atoms. The largest absolute Gasteiger partial charge is 0.479 e. The Balaban J connectivity index is 2.08. The SMILES string of the molecule is O=C(c1ccc(Cl)c(Cl)c1)N1CCC(O)(C(=O)O)CC1. The van der Waals surface area contributed by atoms with Crippen LogP contribution < -0.4 is 0 Å². The number of carbonyl (C=O) groups is 2. The third-order valence-electron chi connectivity index (χ3n) is 3.44. The Morgan fingerprint density at radius 3 is 2.25 bits per heavy atom. The van der Waals surface area contributed by atoms with Crippen LogP contribution in [0, 0.1) is 0 Å². The molecule has 1 aromatic carbocycles. The monoisotopic (exact) mass is 317 g/mol. The van der Waals surface area contributed by atoms with E-state index in [1.54, 1.807) is 6.07 Å². The maximum atomic E-state index is 12.2. The van der Waals surface area contributed by atoms with Crippen LogP contribution >= 0.6 is 23.2 Å². The predicted molar refractivity (Wildman–Crippen MR) is 74.2 cm³/mol. The normalized spacial score (nSPS) is 17.9. The van der Waals surface area contributed by atoms with Crippen molar-refractivity contribution >= 4 is 35.1 Å². The van der Waals surface area contributed by atoms with Gasteiger partial charge in [-0.3, -0.25) is 4.79 Å². The number of carboxylic acid groups (broad SMARTS) is 1. The Labute approximate surface area is 125 Å². The first kappa shape index (κ1) is 15.1. The Bertz CT molecular complexity index is 553. The molecule has 0 radical (unpaired) electrons. The first-order valence-corrected chi connectivity index (χ1v) is 6.79. The first-order valence-electron chi connectivity index (χ1n) is 6.03. The molecule has 0 bridgehead atoms. The van der Waals surface area contributed by atoms with Crippen LogP contribution in [0.4, 0.5) is 0 Å². The molecule has 0 atom stereocenters. The highest BCUT2D eigenvalue weighted by Crippen LogP contribution is 2.26. The minimum absolute atomic E-state index is 0.00932. The lowest BCUT2D eigenvalue weighted by molar-refractivity contribution is -0.162. The van der Waals surface area contributed by atoms with Crippen LogP contribution in [0.5, 0.6) is 0 Å². The van der Waals surface area contributed by atoms with Crippen molar-refractivity contribution in [2.24, 2.45) is 0 Å². The number of rotatable bonds is 2. The van der Waals surface area contributed by atoms with Gasteiger partial charge in [0.2, 0.25) is 0 Å². The zero-order valence-corrected chi connectivity index (χ0v) is 12.0. The van der Waals surface area contributed by atoms with Gasteiger partial charge in [-0.25, -0.2) is 4.79 Å². The van der Waals surface area contributed by atoms with Gasteiger partial charge in [0.15, 0.2) is 5.60 Å². The number of hydrogen-bond donors (Lipinski definition) is 2. The topological polar surface area (TPSA) is 77.8 Å². The van der Waals surface area contributed by atoms with Crippen molar-refractivity contribution in [3.8, 4) is 0 Å². The van der Waals surface area contributed by atoms with Crippen LogP contribution in [0.1, 0.15) is 23.2 Å². The van der Waals surface area contributed by atoms with E-state index in [4.69, 9.17) is 28.3 Å². The third-order valence-corrected chi connectivity index (χ3v) is 4.18. The maximum absolute atomic E-state index is 12.2. The zero-order valence-electron chi connectivity index (χ0n) is 10.5. The summed E-state index contributed by atoms with van der Waals surface area (Å²) in [5.41, 5.74) is -1.35. The Morgan fingerprint density at radius 1 is 1.15 bits per heavy atom. The van der Waals surface area contributed by atoms with Gasteiger partial charge in [-0.2, -0.15) is 0 Å². The van der Waals surface area contributed by atoms with Gasteiger partial charge in [0.25, 0.3) is 5.91 Å². The van der Waals surface area contributed by atoms with Gasteiger partial charge in [-0.1, -0.05) is 23.2 Å². The molecule has 108 valence electrons. The van der Waals surface area contributed by atoms with Gasteiger partial charge >= 0.3 is 5.97 Å². The lowest BCUT2D eigenvalue weighted by Crippen LogP contribution is -2.50. The van der Waals surface area contributed by atoms with Crippen molar-refractivity contribution < 1.29 is 19.8 Å². The smallest absolute Gasteiger partial charge is 0.335 e. The van der Waals surface area contributed by atoms with Gasteiger partial charge in [-0.15, -0.1) is 0 Å². The standard InChI is InChI=1S/C13H13Cl2NO4/c14-9-2-1-8(7-10(9)15)11(17)16-5-3-13(20,4-6-16)12(18)19/h1-2,7,20H,3-6H2,(H,18,19). The third kappa shape index (κ3) is 2.90. The fraction of sp³-hybridized carbons (Fsp3) is 0.385. The molecule has 0 aliphatic carbocycles. The van der Waals surface area contributed by atoms with Crippen molar-refractivity contribution in [1.29, 1.82) is 0 Å². The van der Waals surface area contributed by atoms with Crippen molar-refractivity contribution in [1.82, 2.24) is 4.90 Å². The van der Waals surface area contributed by atoms with E-state index >= 15 is 0 Å². The maximum Gasteiger partial charge on any atom is 0.335 e. The first-order chi connectivity index (χ1) is 9.33. The van der Waals surface area contributed by atoms with Crippen LogP contribution in [-0.4, -0.2) is 45.7 Å². The molecule has 1 aliphatic heterocycles. The van der Waals surface area contributed by atoms with E-state index in [0.717, 1.165) is 0 Å². The number of aliphatic hydroxyl groups is 1. The van der Waals surface area contributed by atoms with Gasteiger partial charge in [0, 0.05) is 31.5 Å². The lowest BCUT2D eigenvalue weighted by atomic mass is 9.91. The number of nitrogens with zero attached hydrogens (tertiary/aromatic N) is 1. The number of piperidine rings is 1. The summed E-state index contributed by atoms with van der Waals surface area (Å²) in [6.45, 7) is 0.365. The zero-order chi connectivity index (χ0) is 14.9. The van der Waals surface area contributed by atoms with Crippen LogP contribution in [0.15, 0.2) is 18.2 Å². The van der Waals surface area contributed by atoms with Crippen molar-refractivity contribution in [3.63, 3.8) is 0 Å². The minimum Gasteiger partial charge on any atom is -0.479 e. The van der Waals surface area contributed by atoms with Gasteiger partial charge in [0.1, 0.15) is 0 Å². The average molecular weight is 318 g/mol. The number of halogens is 2. The second-order valence-electron chi connectivity index (χ2n) is 4.76. The van der Waals surface area contributed by atoms with Crippen LogP contribution in [0.2, 0.25) is 10.0 Å². The Kier molecular flexibility index (Phi) is 4.22. The number of benzene rings is 1. The minimum atomic E-state index is -1.74. The number of likely N-dealkylation sites (tertiary alicyclic amines) is 1. The van der Waals surface area contributed by atoms with Crippen molar-refractivity contribution in [2.45, 2.75) is 18.4 Å². The van der Waals surface area contributed by atoms with Crippen LogP contribution in [0.3, 0.4) is 0 Å². The molecule has 1 fully saturated rings. The summed E-state index contributed by atoms with van der Waals surface area (Å²) >= 11 is 11.7. The number of carbonyl (C=O) groups excluding carboxylic acids is 1. The number of amides is 1. The molecule has 0 saturated carbocycles. The molecule has 1 aliphatic rings. The number of hydrogen-bond acceptors (Lipinski definition) is 3. The highest BCUT2D eigenvalue weighted by Gasteiger charge is 2.40. The summed E-state index contributed by atoms with van der Waals surface area (Å²) in [7, 11) is 0. The second-order valence-corrected chi connectivity index (χ2v) is 5.57. The molecular weight excluding hydrogens is 305 g/mol. The summed E-state index contributed by atoms with van der Waals surface area (Å²) in [6, 6.07) is 4.58. The van der Waals surface area contributed by atoms with E-state index in [9.17, 15) is 14.7 Å². The molecule has 2 N–H and O–H groups in total. The molecule has 5 nitrogen and oxygen atoms in total. The molecule has 1 amide bonds. The fourth-order valence-corrected chi connectivity index (χ4v) is 2.40. The molecular formula is C13H13Cl2NO4. The molecule has 1 aromatic rings. The van der Waals surface area contributed by atoms with E-state index in [0.29, 0.717) is 10.6 Å². The van der Waals surface area contributed by atoms with E-state index in [2.05, 4.69) is 0 Å². The summed E-state index contributed by atoms with van der Waals surface area (Å²) < 4.78 is 0. The summed E-state index contributed by atoms with van der Waals surface area (Å²) in [5.74, 6) is -1.50. The molecule has 2 rings (SSSR count). The van der Waals surface area contributed by atoms with Gasteiger partial charge < -0.3 is 15.1 Å². The van der Waals surface area contributed by atoms with E-state index < -0.39 is 11.6 Å². The second kappa shape index (κ2) is 5.60. The van der Waals surface area contributed by atoms with Crippen LogP contribution in [-0.2, 0) is 4.79 Å². The Hall–Kier alpha value is -1.30. The molecule has 0 spiro atoms. The highest BCUT2D eigenvalue weighted by atomic mass is 35.5. The molecule has 1 heterocycles. The van der Waals surface area contributed by atoms with Crippen molar-refractivity contribution in [3.05, 3.63) is 33.8 Å². The summed E-state index contributed by atoms with van der Waals surface area (Å²) in [4.78, 5) is 24.7. The fourth-order valence-electron chi connectivity index (χ4n) is 2.11. The number of carboxylic acids is 1. The predicted octanol–water partition coefficient (Wildman–Crippen LogP) is 2.05. The summed E-state index contributed by atoms with van der Waals surface area (Å²) in [6.07, 6.45) is 0.0186. The van der Waals surface area contributed by atoms with Crippen LogP contribution in [0.25, 0.3) is 0 Å². The summed E-state index contributed by atoms with van der Waals surface area (Å²) in [5, 5.41) is 19.4. The number of aliphatic carboxylic acids is 1. The van der Waals surface area contributed by atoms with E-state index in [1.807, 2.05) is 0 Å². The molecule has 7 heteroatoms.